The Kier molecular flexibility index (Phi) is 5.47. The predicted molar refractivity (Wildman–Crippen MR) is 82.9 cm³/mol. The van der Waals surface area contributed by atoms with Gasteiger partial charge >= 0.3 is 0 Å². The zero-order valence-electron chi connectivity index (χ0n) is 12.6. The first-order valence-electron chi connectivity index (χ1n) is 7.27. The topological polar surface area (TPSA) is 64.6 Å². The van der Waals surface area contributed by atoms with Crippen molar-refractivity contribution in [3.05, 3.63) is 23.8 Å². The van der Waals surface area contributed by atoms with Gasteiger partial charge in [-0.05, 0) is 30.5 Å². The molecule has 0 radical (unpaired) electrons. The Hall–Kier alpha value is -1.27. The molecule has 0 saturated carbocycles. The van der Waals surface area contributed by atoms with Crippen molar-refractivity contribution in [1.29, 1.82) is 0 Å². The van der Waals surface area contributed by atoms with Crippen LogP contribution >= 0.6 is 0 Å². The molecule has 21 heavy (non-hydrogen) atoms. The molecule has 1 fully saturated rings. The maximum Gasteiger partial charge on any atom is 0.161 e. The third-order valence-electron chi connectivity index (χ3n) is 3.66. The fraction of sp³-hybridized carbons (Fsp3) is 0.600. The molecule has 1 aliphatic rings. The minimum Gasteiger partial charge on any atom is -0.493 e. The molecule has 2 rings (SSSR count). The van der Waals surface area contributed by atoms with E-state index < -0.39 is 9.84 Å². The van der Waals surface area contributed by atoms with Gasteiger partial charge in [-0.1, -0.05) is 13.0 Å². The van der Waals surface area contributed by atoms with Crippen LogP contribution in [0.2, 0.25) is 0 Å². The summed E-state index contributed by atoms with van der Waals surface area (Å²) in [5.74, 6) is 1.98. The Morgan fingerprint density at radius 2 is 2.14 bits per heavy atom. The fourth-order valence-electron chi connectivity index (χ4n) is 2.43. The SMILES string of the molecule is CCc1ccc(OCCNC2CCS(=O)(=O)C2)c(OC)c1. The first-order chi connectivity index (χ1) is 10.0. The van der Waals surface area contributed by atoms with Crippen LogP contribution in [0.3, 0.4) is 0 Å². The van der Waals surface area contributed by atoms with Crippen LogP contribution in [0.1, 0.15) is 18.9 Å². The highest BCUT2D eigenvalue weighted by molar-refractivity contribution is 7.91. The lowest BCUT2D eigenvalue weighted by Crippen LogP contribution is -2.33. The predicted octanol–water partition coefficient (Wildman–Crippen LogP) is 1.41. The molecule has 1 N–H and O–H groups in total. The lowest BCUT2D eigenvalue weighted by Gasteiger charge is -2.14. The zero-order valence-corrected chi connectivity index (χ0v) is 13.4. The van der Waals surface area contributed by atoms with E-state index >= 15 is 0 Å². The highest BCUT2D eigenvalue weighted by Crippen LogP contribution is 2.28. The number of ether oxygens (including phenoxy) is 2. The number of aryl methyl sites for hydroxylation is 1. The summed E-state index contributed by atoms with van der Waals surface area (Å²) in [4.78, 5) is 0. The summed E-state index contributed by atoms with van der Waals surface area (Å²) in [6.45, 7) is 3.20. The lowest BCUT2D eigenvalue weighted by atomic mass is 10.1. The standard InChI is InChI=1S/C15H23NO4S/c1-3-12-4-5-14(15(10-12)19-2)20-8-7-16-13-6-9-21(17,18)11-13/h4-5,10,13,16H,3,6-9,11H2,1-2H3. The summed E-state index contributed by atoms with van der Waals surface area (Å²) >= 11 is 0. The van der Waals surface area contributed by atoms with E-state index in [1.165, 1.54) is 5.56 Å². The van der Waals surface area contributed by atoms with Gasteiger partial charge in [0.05, 0.1) is 18.6 Å². The van der Waals surface area contributed by atoms with Gasteiger partial charge in [0.2, 0.25) is 0 Å². The average molecular weight is 313 g/mol. The van der Waals surface area contributed by atoms with Crippen molar-refractivity contribution < 1.29 is 17.9 Å². The maximum atomic E-state index is 11.4. The first-order valence-corrected chi connectivity index (χ1v) is 9.09. The largest absolute Gasteiger partial charge is 0.493 e. The quantitative estimate of drug-likeness (QED) is 0.771. The van der Waals surface area contributed by atoms with Gasteiger partial charge in [0.25, 0.3) is 0 Å². The van der Waals surface area contributed by atoms with E-state index in [0.29, 0.717) is 19.6 Å². The van der Waals surface area contributed by atoms with E-state index in [1.54, 1.807) is 7.11 Å². The van der Waals surface area contributed by atoms with Gasteiger partial charge in [-0.15, -0.1) is 0 Å². The Labute approximate surface area is 126 Å². The van der Waals surface area contributed by atoms with Crippen molar-refractivity contribution in [2.24, 2.45) is 0 Å². The van der Waals surface area contributed by atoms with Gasteiger partial charge < -0.3 is 14.8 Å². The van der Waals surface area contributed by atoms with Gasteiger partial charge in [-0.25, -0.2) is 8.42 Å². The number of sulfone groups is 1. The van der Waals surface area contributed by atoms with Crippen molar-refractivity contribution >= 4 is 9.84 Å². The third-order valence-corrected chi connectivity index (χ3v) is 5.43. The molecular formula is C15H23NO4S. The Bertz CT molecular complexity index is 571. The fourth-order valence-corrected chi connectivity index (χ4v) is 4.14. The second-order valence-electron chi connectivity index (χ2n) is 5.24. The van der Waals surface area contributed by atoms with Crippen LogP contribution in [-0.2, 0) is 16.3 Å². The Morgan fingerprint density at radius 3 is 2.76 bits per heavy atom. The third kappa shape index (κ3) is 4.61. The normalized spacial score (nSPS) is 20.4. The monoisotopic (exact) mass is 313 g/mol. The molecule has 1 aromatic rings. The minimum absolute atomic E-state index is 0.0583. The molecule has 1 heterocycles. The van der Waals surface area contributed by atoms with Crippen molar-refractivity contribution in [2.75, 3.05) is 31.8 Å². The molecule has 0 amide bonds. The minimum atomic E-state index is -2.83. The molecule has 1 atom stereocenters. The second-order valence-corrected chi connectivity index (χ2v) is 7.47. The van der Waals surface area contributed by atoms with Crippen molar-refractivity contribution in [3.63, 3.8) is 0 Å². The highest BCUT2D eigenvalue weighted by atomic mass is 32.2. The van der Waals surface area contributed by atoms with Crippen molar-refractivity contribution in [1.82, 2.24) is 5.32 Å². The van der Waals surface area contributed by atoms with E-state index in [-0.39, 0.29) is 17.5 Å². The average Bonchev–Trinajstić information content (AvgIpc) is 2.83. The van der Waals surface area contributed by atoms with E-state index in [9.17, 15) is 8.42 Å². The number of rotatable bonds is 7. The molecule has 1 unspecified atom stereocenters. The number of benzene rings is 1. The van der Waals surface area contributed by atoms with E-state index in [4.69, 9.17) is 9.47 Å². The molecule has 118 valence electrons. The number of nitrogens with one attached hydrogen (secondary N) is 1. The molecular weight excluding hydrogens is 290 g/mol. The molecule has 5 nitrogen and oxygen atoms in total. The lowest BCUT2D eigenvalue weighted by molar-refractivity contribution is 0.287. The summed E-state index contributed by atoms with van der Waals surface area (Å²) in [7, 11) is -1.20. The van der Waals surface area contributed by atoms with E-state index in [0.717, 1.165) is 17.9 Å². The van der Waals surface area contributed by atoms with Gasteiger partial charge in [0.15, 0.2) is 21.3 Å². The number of hydrogen-bond acceptors (Lipinski definition) is 5. The molecule has 0 aliphatic carbocycles. The summed E-state index contributed by atoms with van der Waals surface area (Å²) in [5, 5.41) is 3.22. The first kappa shape index (κ1) is 16.1. The smallest absolute Gasteiger partial charge is 0.161 e. The summed E-state index contributed by atoms with van der Waals surface area (Å²) in [6, 6.07) is 5.97. The number of methoxy groups -OCH3 is 1. The van der Waals surface area contributed by atoms with Gasteiger partial charge in [-0.2, -0.15) is 0 Å². The van der Waals surface area contributed by atoms with Crippen molar-refractivity contribution in [3.8, 4) is 11.5 Å². The van der Waals surface area contributed by atoms with E-state index in [2.05, 4.69) is 12.2 Å². The molecule has 1 saturated heterocycles. The summed E-state index contributed by atoms with van der Waals surface area (Å²) in [5.41, 5.74) is 1.20. The van der Waals surface area contributed by atoms with Gasteiger partial charge in [0.1, 0.15) is 6.61 Å². The molecule has 1 aliphatic heterocycles. The maximum absolute atomic E-state index is 11.4. The zero-order chi connectivity index (χ0) is 15.3. The molecule has 0 bridgehead atoms. The Morgan fingerprint density at radius 1 is 1.33 bits per heavy atom. The van der Waals surface area contributed by atoms with Crippen molar-refractivity contribution in [2.45, 2.75) is 25.8 Å². The molecule has 0 aromatic heterocycles. The molecule has 0 spiro atoms. The Balaban J connectivity index is 1.78. The van der Waals surface area contributed by atoms with Gasteiger partial charge in [0, 0.05) is 12.6 Å². The van der Waals surface area contributed by atoms with Gasteiger partial charge in [-0.3, -0.25) is 0 Å². The van der Waals surface area contributed by atoms with Crippen LogP contribution in [0.15, 0.2) is 18.2 Å². The van der Waals surface area contributed by atoms with Crippen LogP contribution in [0.5, 0.6) is 11.5 Å². The molecule has 6 heteroatoms. The second kappa shape index (κ2) is 7.13. The van der Waals surface area contributed by atoms with Crippen LogP contribution in [0, 0.1) is 0 Å². The van der Waals surface area contributed by atoms with Crippen LogP contribution in [-0.4, -0.2) is 46.2 Å². The summed E-state index contributed by atoms with van der Waals surface area (Å²) < 4.78 is 33.7. The van der Waals surface area contributed by atoms with Crippen LogP contribution in [0.25, 0.3) is 0 Å². The van der Waals surface area contributed by atoms with E-state index in [1.807, 2.05) is 18.2 Å². The number of hydrogen-bond donors (Lipinski definition) is 1. The summed E-state index contributed by atoms with van der Waals surface area (Å²) in [6.07, 6.45) is 1.64. The molecule has 1 aromatic carbocycles. The van der Waals surface area contributed by atoms with Crippen LogP contribution in [0.4, 0.5) is 0 Å². The van der Waals surface area contributed by atoms with Crippen LogP contribution < -0.4 is 14.8 Å². The highest BCUT2D eigenvalue weighted by Gasteiger charge is 2.27.